The van der Waals surface area contributed by atoms with Gasteiger partial charge in [0.15, 0.2) is 0 Å². The molecule has 1 aliphatic heterocycles. The van der Waals surface area contributed by atoms with Crippen molar-refractivity contribution in [3.8, 4) is 0 Å². The highest BCUT2D eigenvalue weighted by Crippen LogP contribution is 2.28. The predicted molar refractivity (Wildman–Crippen MR) is 94.7 cm³/mol. The van der Waals surface area contributed by atoms with Crippen LogP contribution >= 0.6 is 0 Å². The molecule has 2 unspecified atom stereocenters. The average molecular weight is 297 g/mol. The Morgan fingerprint density at radius 1 is 1.14 bits per heavy atom. The molecule has 0 aromatic heterocycles. The zero-order valence-corrected chi connectivity index (χ0v) is 15.5. The zero-order valence-electron chi connectivity index (χ0n) is 15.5. The molecule has 2 heteroatoms. The molecule has 2 atom stereocenters. The number of nitrogens with zero attached hydrogens (tertiary/aromatic N) is 1. The van der Waals surface area contributed by atoms with E-state index >= 15 is 0 Å². The van der Waals surface area contributed by atoms with Crippen molar-refractivity contribution in [3.63, 3.8) is 0 Å². The fraction of sp³-hybridized carbons (Fsp3) is 1.00. The summed E-state index contributed by atoms with van der Waals surface area (Å²) in [5, 5.41) is 3.68. The highest BCUT2D eigenvalue weighted by Gasteiger charge is 2.27. The summed E-state index contributed by atoms with van der Waals surface area (Å²) in [6, 6.07) is 0. The Bertz CT molecular complexity index is 275. The number of rotatable bonds is 8. The molecule has 126 valence electrons. The maximum absolute atomic E-state index is 3.68. The molecule has 0 bridgehead atoms. The molecule has 0 aromatic carbocycles. The fourth-order valence-electron chi connectivity index (χ4n) is 3.50. The van der Waals surface area contributed by atoms with Gasteiger partial charge in [-0.1, -0.05) is 41.5 Å². The van der Waals surface area contributed by atoms with Crippen LogP contribution in [0.25, 0.3) is 0 Å². The van der Waals surface area contributed by atoms with Gasteiger partial charge in [0.1, 0.15) is 0 Å². The molecule has 21 heavy (non-hydrogen) atoms. The Balaban J connectivity index is 2.44. The van der Waals surface area contributed by atoms with E-state index in [0.717, 1.165) is 30.8 Å². The second-order valence-corrected chi connectivity index (χ2v) is 8.40. The molecule has 1 heterocycles. The van der Waals surface area contributed by atoms with Crippen molar-refractivity contribution in [1.29, 1.82) is 0 Å². The standard InChI is InChI=1S/C19H40N2/c1-7-19(6,14-20-13-16(2)3)15-21-11-8-9-18(10-12-21)17(4)5/h16-18,20H,7-15H2,1-6H3. The Kier molecular flexibility index (Phi) is 8.26. The molecule has 0 saturated carbocycles. The van der Waals surface area contributed by atoms with E-state index in [9.17, 15) is 0 Å². The molecule has 1 rings (SSSR count). The molecule has 0 spiro atoms. The van der Waals surface area contributed by atoms with Crippen LogP contribution in [0.15, 0.2) is 0 Å². The lowest BCUT2D eigenvalue weighted by atomic mass is 9.86. The normalized spacial score (nSPS) is 24.3. The third kappa shape index (κ3) is 7.15. The van der Waals surface area contributed by atoms with Crippen LogP contribution in [0.2, 0.25) is 0 Å². The molecule has 0 aromatic rings. The van der Waals surface area contributed by atoms with E-state index in [2.05, 4.69) is 51.8 Å². The van der Waals surface area contributed by atoms with E-state index < -0.39 is 0 Å². The molecule has 0 aliphatic carbocycles. The van der Waals surface area contributed by atoms with Gasteiger partial charge in [-0.2, -0.15) is 0 Å². The van der Waals surface area contributed by atoms with Crippen LogP contribution in [0.3, 0.4) is 0 Å². The van der Waals surface area contributed by atoms with E-state index in [-0.39, 0.29) is 0 Å². The maximum atomic E-state index is 3.68. The highest BCUT2D eigenvalue weighted by atomic mass is 15.1. The van der Waals surface area contributed by atoms with Gasteiger partial charge in [-0.05, 0) is 68.5 Å². The van der Waals surface area contributed by atoms with Crippen molar-refractivity contribution in [2.75, 3.05) is 32.7 Å². The predicted octanol–water partition coefficient (Wildman–Crippen LogP) is 4.41. The summed E-state index contributed by atoms with van der Waals surface area (Å²) in [6.45, 7) is 20.4. The first kappa shape index (κ1) is 19.0. The minimum atomic E-state index is 0.423. The van der Waals surface area contributed by atoms with Crippen molar-refractivity contribution < 1.29 is 0 Å². The van der Waals surface area contributed by atoms with Crippen molar-refractivity contribution in [2.24, 2.45) is 23.2 Å². The minimum absolute atomic E-state index is 0.423. The first-order valence-electron chi connectivity index (χ1n) is 9.29. The van der Waals surface area contributed by atoms with E-state index in [1.54, 1.807) is 0 Å². The van der Waals surface area contributed by atoms with Crippen LogP contribution in [0.1, 0.15) is 67.2 Å². The van der Waals surface area contributed by atoms with E-state index in [1.807, 2.05) is 0 Å². The van der Waals surface area contributed by atoms with Gasteiger partial charge in [0.25, 0.3) is 0 Å². The maximum Gasteiger partial charge on any atom is 0.00474 e. The molecule has 2 nitrogen and oxygen atoms in total. The van der Waals surface area contributed by atoms with Gasteiger partial charge in [-0.25, -0.2) is 0 Å². The first-order valence-corrected chi connectivity index (χ1v) is 9.29. The molecule has 0 radical (unpaired) electrons. The summed E-state index contributed by atoms with van der Waals surface area (Å²) < 4.78 is 0. The summed E-state index contributed by atoms with van der Waals surface area (Å²) in [4.78, 5) is 2.74. The van der Waals surface area contributed by atoms with Gasteiger partial charge in [0, 0.05) is 13.1 Å². The lowest BCUT2D eigenvalue weighted by Gasteiger charge is -2.35. The fourth-order valence-corrected chi connectivity index (χ4v) is 3.50. The van der Waals surface area contributed by atoms with E-state index in [4.69, 9.17) is 0 Å². The Hall–Kier alpha value is -0.0800. The zero-order chi connectivity index (χ0) is 15.9. The molecule has 0 amide bonds. The third-order valence-electron chi connectivity index (χ3n) is 5.37. The summed E-state index contributed by atoms with van der Waals surface area (Å²) >= 11 is 0. The number of hydrogen-bond acceptors (Lipinski definition) is 2. The smallest absolute Gasteiger partial charge is 0.00474 e. The van der Waals surface area contributed by atoms with E-state index in [1.165, 1.54) is 45.3 Å². The summed E-state index contributed by atoms with van der Waals surface area (Å²) in [6.07, 6.45) is 5.49. The van der Waals surface area contributed by atoms with Crippen LogP contribution in [0.5, 0.6) is 0 Å². The highest BCUT2D eigenvalue weighted by molar-refractivity contribution is 4.82. The molecule has 1 aliphatic rings. The van der Waals surface area contributed by atoms with Gasteiger partial charge in [-0.3, -0.25) is 0 Å². The molecule has 1 fully saturated rings. The van der Waals surface area contributed by atoms with Gasteiger partial charge >= 0.3 is 0 Å². The molecule has 1 saturated heterocycles. The molecular weight excluding hydrogens is 256 g/mol. The largest absolute Gasteiger partial charge is 0.316 e. The Labute approximate surface area is 134 Å². The Morgan fingerprint density at radius 3 is 2.43 bits per heavy atom. The quantitative estimate of drug-likeness (QED) is 0.714. The van der Waals surface area contributed by atoms with Crippen LogP contribution in [-0.4, -0.2) is 37.6 Å². The lowest BCUT2D eigenvalue weighted by Crippen LogP contribution is -2.43. The van der Waals surface area contributed by atoms with Crippen LogP contribution < -0.4 is 5.32 Å². The SMILES string of the molecule is CCC(C)(CNCC(C)C)CN1CCCC(C(C)C)CC1. The van der Waals surface area contributed by atoms with Crippen molar-refractivity contribution in [2.45, 2.75) is 67.2 Å². The summed E-state index contributed by atoms with van der Waals surface area (Å²) in [5.41, 5.74) is 0.423. The third-order valence-corrected chi connectivity index (χ3v) is 5.37. The van der Waals surface area contributed by atoms with Crippen molar-refractivity contribution in [1.82, 2.24) is 10.2 Å². The first-order chi connectivity index (χ1) is 9.86. The second-order valence-electron chi connectivity index (χ2n) is 8.40. The average Bonchev–Trinajstić information content (AvgIpc) is 2.64. The summed E-state index contributed by atoms with van der Waals surface area (Å²) in [7, 11) is 0. The molecule has 1 N–H and O–H groups in total. The van der Waals surface area contributed by atoms with E-state index in [0.29, 0.717) is 5.41 Å². The summed E-state index contributed by atoms with van der Waals surface area (Å²) in [5.74, 6) is 2.55. The number of hydrogen-bond donors (Lipinski definition) is 1. The van der Waals surface area contributed by atoms with Gasteiger partial charge in [0.05, 0.1) is 0 Å². The topological polar surface area (TPSA) is 15.3 Å². The monoisotopic (exact) mass is 296 g/mol. The number of likely N-dealkylation sites (tertiary alicyclic amines) is 1. The number of nitrogens with one attached hydrogen (secondary N) is 1. The van der Waals surface area contributed by atoms with Gasteiger partial charge in [0.2, 0.25) is 0 Å². The van der Waals surface area contributed by atoms with Gasteiger partial charge < -0.3 is 10.2 Å². The van der Waals surface area contributed by atoms with Crippen molar-refractivity contribution in [3.05, 3.63) is 0 Å². The lowest BCUT2D eigenvalue weighted by molar-refractivity contribution is 0.155. The van der Waals surface area contributed by atoms with Gasteiger partial charge in [-0.15, -0.1) is 0 Å². The Morgan fingerprint density at radius 2 is 1.86 bits per heavy atom. The van der Waals surface area contributed by atoms with Crippen molar-refractivity contribution >= 4 is 0 Å². The second kappa shape index (κ2) is 9.15. The minimum Gasteiger partial charge on any atom is -0.316 e. The van der Waals surface area contributed by atoms with Crippen LogP contribution in [-0.2, 0) is 0 Å². The van der Waals surface area contributed by atoms with Crippen LogP contribution in [0.4, 0.5) is 0 Å². The van der Waals surface area contributed by atoms with Crippen LogP contribution in [0, 0.1) is 23.2 Å². The molecular formula is C19H40N2.